The third-order valence-electron chi connectivity index (χ3n) is 1.96. The van der Waals surface area contributed by atoms with Crippen molar-refractivity contribution < 1.29 is 18.3 Å². The molecule has 1 aromatic rings. The van der Waals surface area contributed by atoms with Crippen LogP contribution in [0.1, 0.15) is 19.2 Å². The van der Waals surface area contributed by atoms with E-state index < -0.39 is 12.0 Å². The highest BCUT2D eigenvalue weighted by molar-refractivity contribution is 5.45. The maximum absolute atomic E-state index is 12.4. The quantitative estimate of drug-likeness (QED) is 0.749. The van der Waals surface area contributed by atoms with Crippen molar-refractivity contribution in [1.29, 1.82) is 0 Å². The van der Waals surface area contributed by atoms with E-state index in [0.717, 1.165) is 0 Å². The predicted molar refractivity (Wildman–Crippen MR) is 56.2 cm³/mol. The van der Waals surface area contributed by atoms with Crippen LogP contribution in [-0.2, 0) is 6.18 Å². The van der Waals surface area contributed by atoms with Crippen molar-refractivity contribution >= 4 is 11.6 Å². The summed E-state index contributed by atoms with van der Waals surface area (Å²) in [5.74, 6) is -1.55. The Morgan fingerprint density at radius 3 is 2.65 bits per heavy atom. The minimum atomic E-state index is -4.63. The number of aliphatic hydroxyl groups is 1. The number of halogens is 3. The lowest BCUT2D eigenvalue weighted by molar-refractivity contribution is -0.144. The Morgan fingerprint density at radius 1 is 1.47 bits per heavy atom. The fraction of sp³-hybridized carbons (Fsp3) is 0.556. The summed E-state index contributed by atoms with van der Waals surface area (Å²) in [5.41, 5.74) is 5.27. The number of alkyl halides is 3. The van der Waals surface area contributed by atoms with Gasteiger partial charge in [0.1, 0.15) is 11.6 Å². The van der Waals surface area contributed by atoms with Crippen molar-refractivity contribution in [3.63, 3.8) is 0 Å². The van der Waals surface area contributed by atoms with E-state index in [2.05, 4.69) is 15.3 Å². The summed E-state index contributed by atoms with van der Waals surface area (Å²) in [5, 5.41) is 11.4. The molecule has 0 saturated carbocycles. The van der Waals surface area contributed by atoms with Crippen LogP contribution in [0.2, 0.25) is 0 Å². The number of anilines is 2. The van der Waals surface area contributed by atoms with Gasteiger partial charge in [0.2, 0.25) is 5.82 Å². The Hall–Kier alpha value is -1.57. The number of nitrogen functional groups attached to an aromatic ring is 1. The van der Waals surface area contributed by atoms with Crippen molar-refractivity contribution in [1.82, 2.24) is 9.97 Å². The number of hydrogen-bond acceptors (Lipinski definition) is 5. The van der Waals surface area contributed by atoms with Crippen LogP contribution in [-0.4, -0.2) is 27.7 Å². The van der Waals surface area contributed by atoms with Gasteiger partial charge in [0.05, 0.1) is 0 Å². The summed E-state index contributed by atoms with van der Waals surface area (Å²) < 4.78 is 37.2. The summed E-state index contributed by atoms with van der Waals surface area (Å²) in [6.45, 7) is 1.64. The Labute approximate surface area is 95.9 Å². The molecule has 1 atom stereocenters. The number of nitrogens with zero attached hydrogens (tertiary/aromatic N) is 2. The van der Waals surface area contributed by atoms with Gasteiger partial charge in [0.25, 0.3) is 0 Å². The van der Waals surface area contributed by atoms with Gasteiger partial charge >= 0.3 is 6.18 Å². The summed E-state index contributed by atoms with van der Waals surface area (Å²) in [6.07, 6.45) is -4.24. The maximum atomic E-state index is 12.4. The Balaban J connectivity index is 2.90. The summed E-state index contributed by atoms with van der Waals surface area (Å²) in [6, 6.07) is 0.999. The Bertz CT molecular complexity index is 383. The third-order valence-corrected chi connectivity index (χ3v) is 1.96. The van der Waals surface area contributed by atoms with Crippen LogP contribution in [0, 0.1) is 0 Å². The molecule has 1 rings (SSSR count). The van der Waals surface area contributed by atoms with Gasteiger partial charge in [-0.2, -0.15) is 13.2 Å². The van der Waals surface area contributed by atoms with E-state index in [1.807, 2.05) is 0 Å². The summed E-state index contributed by atoms with van der Waals surface area (Å²) in [4.78, 5) is 6.43. The molecule has 1 heterocycles. The highest BCUT2D eigenvalue weighted by Gasteiger charge is 2.35. The second-order valence-electron chi connectivity index (χ2n) is 3.56. The van der Waals surface area contributed by atoms with E-state index in [1.165, 1.54) is 6.07 Å². The van der Waals surface area contributed by atoms with Crippen LogP contribution in [0.15, 0.2) is 6.07 Å². The molecule has 0 aliphatic carbocycles. The van der Waals surface area contributed by atoms with E-state index in [0.29, 0.717) is 6.42 Å². The number of nitrogens with two attached hydrogens (primary N) is 1. The second kappa shape index (κ2) is 5.17. The van der Waals surface area contributed by atoms with Gasteiger partial charge in [0.15, 0.2) is 0 Å². The van der Waals surface area contributed by atoms with Crippen LogP contribution in [0.3, 0.4) is 0 Å². The topological polar surface area (TPSA) is 84.1 Å². The standard InChI is InChI=1S/C9H13F3N4O/c1-5(2-3-17)14-7-4-6(13)15-8(16-7)9(10,11)12/h4-5,17H,2-3H2,1H3,(H3,13,14,15,16). The van der Waals surface area contributed by atoms with Crippen molar-refractivity contribution in [2.75, 3.05) is 17.7 Å². The molecule has 17 heavy (non-hydrogen) atoms. The highest BCUT2D eigenvalue weighted by atomic mass is 19.4. The number of nitrogens with one attached hydrogen (secondary N) is 1. The summed E-state index contributed by atoms with van der Waals surface area (Å²) >= 11 is 0. The van der Waals surface area contributed by atoms with Crippen molar-refractivity contribution in [3.8, 4) is 0 Å². The number of aromatic nitrogens is 2. The normalized spacial score (nSPS) is 13.5. The fourth-order valence-corrected chi connectivity index (χ4v) is 1.18. The van der Waals surface area contributed by atoms with Crippen LogP contribution >= 0.6 is 0 Å². The second-order valence-corrected chi connectivity index (χ2v) is 3.56. The number of rotatable bonds is 4. The van der Waals surface area contributed by atoms with E-state index in [-0.39, 0.29) is 24.3 Å². The van der Waals surface area contributed by atoms with Crippen molar-refractivity contribution in [3.05, 3.63) is 11.9 Å². The molecule has 1 unspecified atom stereocenters. The molecule has 0 aliphatic heterocycles. The number of hydrogen-bond donors (Lipinski definition) is 3. The molecular formula is C9H13F3N4O. The zero-order valence-corrected chi connectivity index (χ0v) is 9.12. The Kier molecular flexibility index (Phi) is 4.11. The molecule has 0 aromatic carbocycles. The van der Waals surface area contributed by atoms with Crippen molar-refractivity contribution in [2.45, 2.75) is 25.6 Å². The predicted octanol–water partition coefficient (Wildman–Crippen LogP) is 1.26. The zero-order chi connectivity index (χ0) is 13.1. The molecule has 0 saturated heterocycles. The number of aliphatic hydroxyl groups excluding tert-OH is 1. The first-order valence-electron chi connectivity index (χ1n) is 4.92. The fourth-order valence-electron chi connectivity index (χ4n) is 1.18. The molecule has 0 fully saturated rings. The largest absolute Gasteiger partial charge is 0.451 e. The molecule has 4 N–H and O–H groups in total. The first kappa shape index (κ1) is 13.5. The van der Waals surface area contributed by atoms with Crippen molar-refractivity contribution in [2.24, 2.45) is 0 Å². The van der Waals surface area contributed by atoms with E-state index in [4.69, 9.17) is 10.8 Å². The molecule has 0 radical (unpaired) electrons. The third kappa shape index (κ3) is 4.06. The molecule has 0 amide bonds. The lowest BCUT2D eigenvalue weighted by atomic mass is 10.2. The first-order chi connectivity index (χ1) is 7.82. The Morgan fingerprint density at radius 2 is 2.12 bits per heavy atom. The molecule has 0 spiro atoms. The maximum Gasteiger partial charge on any atom is 0.451 e. The summed E-state index contributed by atoms with van der Waals surface area (Å²) in [7, 11) is 0. The van der Waals surface area contributed by atoms with Crippen LogP contribution < -0.4 is 11.1 Å². The molecule has 0 bridgehead atoms. The van der Waals surface area contributed by atoms with E-state index >= 15 is 0 Å². The van der Waals surface area contributed by atoms with Gasteiger partial charge < -0.3 is 16.2 Å². The van der Waals surface area contributed by atoms with Crippen LogP contribution in [0.4, 0.5) is 24.8 Å². The SMILES string of the molecule is CC(CCO)Nc1cc(N)nc(C(F)(F)F)n1. The lowest BCUT2D eigenvalue weighted by Gasteiger charge is -2.14. The molecule has 5 nitrogen and oxygen atoms in total. The monoisotopic (exact) mass is 250 g/mol. The van der Waals surface area contributed by atoms with Gasteiger partial charge in [-0.1, -0.05) is 0 Å². The highest BCUT2D eigenvalue weighted by Crippen LogP contribution is 2.27. The van der Waals surface area contributed by atoms with Gasteiger partial charge in [-0.15, -0.1) is 0 Å². The van der Waals surface area contributed by atoms with Gasteiger partial charge in [-0.25, -0.2) is 9.97 Å². The van der Waals surface area contributed by atoms with Crippen LogP contribution in [0.5, 0.6) is 0 Å². The lowest BCUT2D eigenvalue weighted by Crippen LogP contribution is -2.20. The molecular weight excluding hydrogens is 237 g/mol. The molecule has 8 heteroatoms. The van der Waals surface area contributed by atoms with E-state index in [9.17, 15) is 13.2 Å². The molecule has 1 aromatic heterocycles. The average molecular weight is 250 g/mol. The van der Waals surface area contributed by atoms with E-state index in [1.54, 1.807) is 6.92 Å². The molecule has 96 valence electrons. The minimum Gasteiger partial charge on any atom is -0.396 e. The van der Waals surface area contributed by atoms with Gasteiger partial charge in [0, 0.05) is 18.7 Å². The minimum absolute atomic E-state index is 0.00854. The average Bonchev–Trinajstić information content (AvgIpc) is 2.15. The van der Waals surface area contributed by atoms with Gasteiger partial charge in [-0.05, 0) is 13.3 Å². The van der Waals surface area contributed by atoms with Gasteiger partial charge in [-0.3, -0.25) is 0 Å². The first-order valence-corrected chi connectivity index (χ1v) is 4.92. The molecule has 0 aliphatic rings. The smallest absolute Gasteiger partial charge is 0.396 e. The zero-order valence-electron chi connectivity index (χ0n) is 9.12. The van der Waals surface area contributed by atoms with Crippen LogP contribution in [0.25, 0.3) is 0 Å².